The van der Waals surface area contributed by atoms with Gasteiger partial charge in [-0.15, -0.1) is 0 Å². The Hall–Kier alpha value is -2.71. The Labute approximate surface area is 151 Å². The minimum absolute atomic E-state index is 0.0439. The van der Waals surface area contributed by atoms with Crippen LogP contribution in [0.1, 0.15) is 31.1 Å². The van der Waals surface area contributed by atoms with Crippen LogP contribution in [0.25, 0.3) is 22.3 Å². The van der Waals surface area contributed by atoms with Crippen LogP contribution in [0.4, 0.5) is 22.0 Å². The molecule has 2 heterocycles. The molecule has 0 aliphatic carbocycles. The molecular formula is C18H16F5N3O. The molecule has 0 saturated heterocycles. The van der Waals surface area contributed by atoms with Gasteiger partial charge in [0.05, 0.1) is 22.3 Å². The molecule has 0 aliphatic rings. The molecule has 0 aliphatic heterocycles. The van der Waals surface area contributed by atoms with E-state index in [9.17, 15) is 22.0 Å². The van der Waals surface area contributed by atoms with E-state index in [-0.39, 0.29) is 34.2 Å². The van der Waals surface area contributed by atoms with Crippen molar-refractivity contribution in [2.45, 2.75) is 39.6 Å². The molecule has 0 bridgehead atoms. The lowest BCUT2D eigenvalue weighted by atomic mass is 10.0. The summed E-state index contributed by atoms with van der Waals surface area (Å²) in [4.78, 5) is 4.36. The Morgan fingerprint density at radius 3 is 2.22 bits per heavy atom. The van der Waals surface area contributed by atoms with E-state index in [1.54, 1.807) is 13.8 Å². The van der Waals surface area contributed by atoms with E-state index in [1.165, 1.54) is 35.9 Å². The maximum absolute atomic E-state index is 13.6. The fourth-order valence-electron chi connectivity index (χ4n) is 2.85. The van der Waals surface area contributed by atoms with Gasteiger partial charge in [0.1, 0.15) is 5.75 Å². The fourth-order valence-corrected chi connectivity index (χ4v) is 2.85. The van der Waals surface area contributed by atoms with Crippen molar-refractivity contribution in [2.24, 2.45) is 0 Å². The number of hydrogen-bond acceptors (Lipinski definition) is 3. The third-order valence-corrected chi connectivity index (χ3v) is 4.01. The van der Waals surface area contributed by atoms with E-state index in [0.29, 0.717) is 5.56 Å². The monoisotopic (exact) mass is 385 g/mol. The SMILES string of the molecule is Cc1nn(C(C)C)c2nc(-c3ccc(OC(F)F)cc3)cc(C(F)(F)F)c12. The van der Waals surface area contributed by atoms with E-state index in [2.05, 4.69) is 14.8 Å². The molecule has 0 N–H and O–H groups in total. The van der Waals surface area contributed by atoms with Crippen molar-refractivity contribution >= 4 is 11.0 Å². The quantitative estimate of drug-likeness (QED) is 0.548. The molecule has 3 aromatic rings. The zero-order valence-electron chi connectivity index (χ0n) is 14.7. The minimum atomic E-state index is -4.59. The zero-order chi connectivity index (χ0) is 19.9. The predicted molar refractivity (Wildman–Crippen MR) is 89.7 cm³/mol. The minimum Gasteiger partial charge on any atom is -0.435 e. The Morgan fingerprint density at radius 2 is 1.70 bits per heavy atom. The number of halogens is 5. The molecule has 27 heavy (non-hydrogen) atoms. The van der Waals surface area contributed by atoms with Gasteiger partial charge in [0.15, 0.2) is 5.65 Å². The number of alkyl halides is 5. The highest BCUT2D eigenvalue weighted by Crippen LogP contribution is 2.38. The summed E-state index contributed by atoms with van der Waals surface area (Å²) >= 11 is 0. The van der Waals surface area contributed by atoms with Crippen LogP contribution in [0.5, 0.6) is 5.75 Å². The molecule has 0 unspecified atom stereocenters. The van der Waals surface area contributed by atoms with Crippen LogP contribution < -0.4 is 4.74 Å². The first-order valence-electron chi connectivity index (χ1n) is 8.10. The highest BCUT2D eigenvalue weighted by molar-refractivity contribution is 5.86. The number of pyridine rings is 1. The average Bonchev–Trinajstić information content (AvgIpc) is 2.90. The van der Waals surface area contributed by atoms with Crippen LogP contribution in [0.15, 0.2) is 30.3 Å². The molecule has 0 radical (unpaired) electrons. The summed E-state index contributed by atoms with van der Waals surface area (Å²) in [5.41, 5.74) is -0.0517. The van der Waals surface area contributed by atoms with Crippen LogP contribution in [0, 0.1) is 6.92 Å². The normalized spacial score (nSPS) is 12.4. The van der Waals surface area contributed by atoms with Crippen LogP contribution >= 0.6 is 0 Å². The van der Waals surface area contributed by atoms with Gasteiger partial charge in [0.25, 0.3) is 0 Å². The number of hydrogen-bond donors (Lipinski definition) is 0. The fraction of sp³-hybridized carbons (Fsp3) is 0.333. The number of aromatic nitrogens is 3. The lowest BCUT2D eigenvalue weighted by Crippen LogP contribution is -2.09. The molecule has 0 amide bonds. The number of nitrogens with zero attached hydrogens (tertiary/aromatic N) is 3. The first-order valence-corrected chi connectivity index (χ1v) is 8.10. The molecule has 0 atom stereocenters. The van der Waals surface area contributed by atoms with Crippen molar-refractivity contribution in [2.75, 3.05) is 0 Å². The first kappa shape index (κ1) is 19.1. The topological polar surface area (TPSA) is 39.9 Å². The molecule has 0 spiro atoms. The summed E-state index contributed by atoms with van der Waals surface area (Å²) in [5.74, 6) is -0.0889. The molecule has 9 heteroatoms. The Balaban J connectivity index is 2.20. The van der Waals surface area contributed by atoms with Crippen LogP contribution in [-0.2, 0) is 6.18 Å². The van der Waals surface area contributed by atoms with Gasteiger partial charge in [-0.05, 0) is 51.1 Å². The Bertz CT molecular complexity index is 962. The third-order valence-electron chi connectivity index (χ3n) is 4.01. The highest BCUT2D eigenvalue weighted by Gasteiger charge is 2.35. The van der Waals surface area contributed by atoms with Crippen molar-refractivity contribution in [1.29, 1.82) is 0 Å². The van der Waals surface area contributed by atoms with Gasteiger partial charge in [-0.3, -0.25) is 0 Å². The maximum Gasteiger partial charge on any atom is 0.417 e. The van der Waals surface area contributed by atoms with Crippen molar-refractivity contribution < 1.29 is 26.7 Å². The summed E-state index contributed by atoms with van der Waals surface area (Å²) in [5, 5.41) is 4.15. The summed E-state index contributed by atoms with van der Waals surface area (Å²) in [6.45, 7) is 2.12. The number of rotatable bonds is 4. The van der Waals surface area contributed by atoms with E-state index in [1.807, 2.05) is 0 Å². The molecule has 0 saturated carbocycles. The summed E-state index contributed by atoms with van der Waals surface area (Å²) < 4.78 is 71.1. The van der Waals surface area contributed by atoms with Gasteiger partial charge in [-0.1, -0.05) is 0 Å². The largest absolute Gasteiger partial charge is 0.435 e. The smallest absolute Gasteiger partial charge is 0.417 e. The molecule has 3 rings (SSSR count). The average molecular weight is 385 g/mol. The van der Waals surface area contributed by atoms with Gasteiger partial charge in [-0.25, -0.2) is 9.67 Å². The first-order chi connectivity index (χ1) is 12.6. The second kappa shape index (κ2) is 6.79. The number of aryl methyl sites for hydroxylation is 1. The van der Waals surface area contributed by atoms with Crippen LogP contribution in [-0.4, -0.2) is 21.4 Å². The third kappa shape index (κ3) is 3.72. The molecular weight excluding hydrogens is 369 g/mol. The maximum atomic E-state index is 13.6. The number of benzene rings is 1. The Kier molecular flexibility index (Phi) is 4.79. The predicted octanol–water partition coefficient (Wildman–Crippen LogP) is 5.61. The summed E-state index contributed by atoms with van der Waals surface area (Å²) in [7, 11) is 0. The number of fused-ring (bicyclic) bond motifs is 1. The molecule has 2 aromatic heterocycles. The Morgan fingerprint density at radius 1 is 1.07 bits per heavy atom. The van der Waals surface area contributed by atoms with Gasteiger partial charge >= 0.3 is 12.8 Å². The second-order valence-electron chi connectivity index (χ2n) is 6.28. The van der Waals surface area contributed by atoms with Crippen molar-refractivity contribution in [3.63, 3.8) is 0 Å². The summed E-state index contributed by atoms with van der Waals surface area (Å²) in [6.07, 6.45) is -4.59. The molecule has 1 aromatic carbocycles. The van der Waals surface area contributed by atoms with E-state index >= 15 is 0 Å². The van der Waals surface area contributed by atoms with Crippen molar-refractivity contribution in [3.8, 4) is 17.0 Å². The van der Waals surface area contributed by atoms with Crippen molar-refractivity contribution in [3.05, 3.63) is 41.6 Å². The molecule has 0 fully saturated rings. The molecule has 144 valence electrons. The lowest BCUT2D eigenvalue weighted by molar-refractivity contribution is -0.136. The van der Waals surface area contributed by atoms with Gasteiger partial charge < -0.3 is 4.74 Å². The lowest BCUT2D eigenvalue weighted by Gasteiger charge is -2.13. The second-order valence-corrected chi connectivity index (χ2v) is 6.28. The summed E-state index contributed by atoms with van der Waals surface area (Å²) in [6, 6.07) is 6.04. The zero-order valence-corrected chi connectivity index (χ0v) is 14.7. The van der Waals surface area contributed by atoms with Crippen molar-refractivity contribution in [1.82, 2.24) is 14.8 Å². The van der Waals surface area contributed by atoms with Crippen LogP contribution in [0.2, 0.25) is 0 Å². The van der Waals surface area contributed by atoms with Gasteiger partial charge in [-0.2, -0.15) is 27.1 Å². The van der Waals surface area contributed by atoms with Gasteiger partial charge in [0, 0.05) is 11.6 Å². The van der Waals surface area contributed by atoms with E-state index < -0.39 is 18.4 Å². The van der Waals surface area contributed by atoms with E-state index in [0.717, 1.165) is 6.07 Å². The number of ether oxygens (including phenoxy) is 1. The molecule has 4 nitrogen and oxygen atoms in total. The van der Waals surface area contributed by atoms with Gasteiger partial charge in [0.2, 0.25) is 0 Å². The standard InChI is InChI=1S/C18H16F5N3O/c1-9(2)26-16-15(10(3)25-26)13(18(21,22)23)8-14(24-16)11-4-6-12(7-5-11)27-17(19)20/h4-9,17H,1-3H3. The van der Waals surface area contributed by atoms with E-state index in [4.69, 9.17) is 0 Å². The highest BCUT2D eigenvalue weighted by atomic mass is 19.4. The van der Waals surface area contributed by atoms with Crippen LogP contribution in [0.3, 0.4) is 0 Å².